The molecule has 19 heavy (non-hydrogen) atoms. The third kappa shape index (κ3) is 3.30. The van der Waals surface area contributed by atoms with Crippen molar-refractivity contribution < 1.29 is 13.2 Å². The van der Waals surface area contributed by atoms with Crippen molar-refractivity contribution in [3.8, 4) is 0 Å². The van der Waals surface area contributed by atoms with E-state index in [1.807, 2.05) is 6.92 Å². The number of nitrogens with one attached hydrogen (secondary N) is 1. The highest BCUT2D eigenvalue weighted by Crippen LogP contribution is 2.35. The summed E-state index contributed by atoms with van der Waals surface area (Å²) in [6, 6.07) is 2.15. The van der Waals surface area contributed by atoms with Crippen molar-refractivity contribution in [2.24, 2.45) is 5.92 Å². The van der Waals surface area contributed by atoms with E-state index < -0.39 is 17.5 Å². The quantitative estimate of drug-likeness (QED) is 0.759. The van der Waals surface area contributed by atoms with E-state index in [2.05, 4.69) is 5.32 Å². The highest BCUT2D eigenvalue weighted by atomic mass is 19.2. The van der Waals surface area contributed by atoms with Crippen molar-refractivity contribution in [1.29, 1.82) is 0 Å². The third-order valence-corrected chi connectivity index (χ3v) is 3.87. The predicted molar refractivity (Wildman–Crippen MR) is 69.3 cm³/mol. The summed E-state index contributed by atoms with van der Waals surface area (Å²) in [4.78, 5) is 0. The number of halogens is 3. The van der Waals surface area contributed by atoms with E-state index in [0.29, 0.717) is 5.92 Å². The van der Waals surface area contributed by atoms with Gasteiger partial charge in [-0.15, -0.1) is 0 Å². The van der Waals surface area contributed by atoms with E-state index in [1.165, 1.54) is 12.5 Å². The Balaban J connectivity index is 2.18. The Bertz CT molecular complexity index is 430. The van der Waals surface area contributed by atoms with Crippen LogP contribution in [0.1, 0.15) is 50.6 Å². The molecule has 2 rings (SSSR count). The fraction of sp³-hybridized carbons (Fsp3) is 0.600. The second-order valence-electron chi connectivity index (χ2n) is 5.30. The smallest absolute Gasteiger partial charge is 0.194 e. The number of hydrogen-bond acceptors (Lipinski definition) is 1. The predicted octanol–water partition coefficient (Wildman–Crippen LogP) is 4.33. The largest absolute Gasteiger partial charge is 0.310 e. The van der Waals surface area contributed by atoms with Gasteiger partial charge in [-0.3, -0.25) is 0 Å². The van der Waals surface area contributed by atoms with Gasteiger partial charge in [-0.25, -0.2) is 13.2 Å². The molecule has 1 aliphatic carbocycles. The first-order chi connectivity index (χ1) is 9.13. The molecule has 1 N–H and O–H groups in total. The maximum absolute atomic E-state index is 13.9. The Morgan fingerprint density at radius 3 is 2.53 bits per heavy atom. The molecule has 1 unspecified atom stereocenters. The Morgan fingerprint density at radius 2 is 1.95 bits per heavy atom. The molecular weight excluding hydrogens is 251 g/mol. The zero-order valence-corrected chi connectivity index (χ0v) is 11.2. The van der Waals surface area contributed by atoms with Gasteiger partial charge in [0.25, 0.3) is 0 Å². The minimum atomic E-state index is -1.37. The number of rotatable bonds is 6. The van der Waals surface area contributed by atoms with Gasteiger partial charge < -0.3 is 5.32 Å². The molecule has 0 bridgehead atoms. The van der Waals surface area contributed by atoms with Gasteiger partial charge in [0.2, 0.25) is 0 Å². The summed E-state index contributed by atoms with van der Waals surface area (Å²) >= 11 is 0. The molecule has 0 heterocycles. The fourth-order valence-corrected chi connectivity index (χ4v) is 2.51. The van der Waals surface area contributed by atoms with Gasteiger partial charge in [0.15, 0.2) is 17.5 Å². The summed E-state index contributed by atoms with van der Waals surface area (Å²) in [5, 5.41) is 3.24. The first-order valence-corrected chi connectivity index (χ1v) is 7.00. The van der Waals surface area contributed by atoms with Gasteiger partial charge in [-0.2, -0.15) is 0 Å². The average Bonchev–Trinajstić information content (AvgIpc) is 2.35. The molecule has 0 aromatic heterocycles. The molecule has 0 radical (unpaired) electrons. The highest BCUT2D eigenvalue weighted by Gasteiger charge is 2.26. The first-order valence-electron chi connectivity index (χ1n) is 7.00. The van der Waals surface area contributed by atoms with E-state index in [1.54, 1.807) is 0 Å². The van der Waals surface area contributed by atoms with Gasteiger partial charge in [0, 0.05) is 11.6 Å². The molecule has 0 aliphatic heterocycles. The van der Waals surface area contributed by atoms with Crippen molar-refractivity contribution in [2.45, 2.75) is 45.1 Å². The normalized spacial score (nSPS) is 17.3. The SMILES string of the molecule is CCCNC(CC1CCC1)c1ccc(F)c(F)c1F. The van der Waals surface area contributed by atoms with Crippen LogP contribution in [0.4, 0.5) is 13.2 Å². The molecule has 1 saturated carbocycles. The van der Waals surface area contributed by atoms with E-state index >= 15 is 0 Å². The van der Waals surface area contributed by atoms with Crippen molar-refractivity contribution >= 4 is 0 Å². The van der Waals surface area contributed by atoms with Crippen LogP contribution in [-0.4, -0.2) is 6.54 Å². The Labute approximate surface area is 112 Å². The van der Waals surface area contributed by atoms with Gasteiger partial charge in [0.1, 0.15) is 0 Å². The third-order valence-electron chi connectivity index (χ3n) is 3.87. The minimum Gasteiger partial charge on any atom is -0.310 e. The maximum Gasteiger partial charge on any atom is 0.194 e. The molecule has 0 saturated heterocycles. The van der Waals surface area contributed by atoms with Crippen molar-refractivity contribution in [2.75, 3.05) is 6.54 Å². The van der Waals surface area contributed by atoms with Gasteiger partial charge in [-0.05, 0) is 31.4 Å². The molecule has 4 heteroatoms. The second kappa shape index (κ2) is 6.42. The van der Waals surface area contributed by atoms with Crippen LogP contribution in [0.5, 0.6) is 0 Å². The summed E-state index contributed by atoms with van der Waals surface area (Å²) < 4.78 is 40.2. The molecule has 1 atom stereocenters. The molecular formula is C15H20F3N. The second-order valence-corrected chi connectivity index (χ2v) is 5.30. The average molecular weight is 271 g/mol. The number of benzene rings is 1. The monoisotopic (exact) mass is 271 g/mol. The Hall–Kier alpha value is -1.03. The summed E-state index contributed by atoms with van der Waals surface area (Å²) in [6.07, 6.45) is 5.23. The molecule has 1 nitrogen and oxygen atoms in total. The van der Waals surface area contributed by atoms with E-state index in [-0.39, 0.29) is 11.6 Å². The lowest BCUT2D eigenvalue weighted by Crippen LogP contribution is -2.27. The molecule has 106 valence electrons. The van der Waals surface area contributed by atoms with Crippen LogP contribution < -0.4 is 5.32 Å². The molecule has 1 fully saturated rings. The van der Waals surface area contributed by atoms with Crippen molar-refractivity contribution in [3.05, 3.63) is 35.1 Å². The van der Waals surface area contributed by atoms with E-state index in [9.17, 15) is 13.2 Å². The topological polar surface area (TPSA) is 12.0 Å². The van der Waals surface area contributed by atoms with Crippen LogP contribution in [-0.2, 0) is 0 Å². The maximum atomic E-state index is 13.9. The van der Waals surface area contributed by atoms with Crippen molar-refractivity contribution in [1.82, 2.24) is 5.32 Å². The van der Waals surface area contributed by atoms with Gasteiger partial charge >= 0.3 is 0 Å². The molecule has 1 aliphatic rings. The summed E-state index contributed by atoms with van der Waals surface area (Å²) in [5.41, 5.74) is 0.249. The van der Waals surface area contributed by atoms with Crippen molar-refractivity contribution in [3.63, 3.8) is 0 Å². The van der Waals surface area contributed by atoms with Crippen LogP contribution in [0.15, 0.2) is 12.1 Å². The lowest BCUT2D eigenvalue weighted by molar-refractivity contribution is 0.257. The van der Waals surface area contributed by atoms with E-state index in [4.69, 9.17) is 0 Å². The van der Waals surface area contributed by atoms with Crippen LogP contribution >= 0.6 is 0 Å². The molecule has 0 amide bonds. The van der Waals surface area contributed by atoms with Crippen LogP contribution in [0.3, 0.4) is 0 Å². The standard InChI is InChI=1S/C15H20F3N/c1-2-8-19-13(9-10-4-3-5-10)11-6-7-12(16)15(18)14(11)17/h6-7,10,13,19H,2-5,8-9H2,1H3. The summed E-state index contributed by atoms with van der Waals surface area (Å²) in [6.45, 7) is 2.77. The van der Waals surface area contributed by atoms with Crippen LogP contribution in [0.25, 0.3) is 0 Å². The summed E-state index contributed by atoms with van der Waals surface area (Å²) in [7, 11) is 0. The first kappa shape index (κ1) is 14.4. The lowest BCUT2D eigenvalue weighted by Gasteiger charge is -2.30. The zero-order valence-electron chi connectivity index (χ0n) is 11.2. The van der Waals surface area contributed by atoms with E-state index in [0.717, 1.165) is 38.3 Å². The Kier molecular flexibility index (Phi) is 4.86. The molecule has 0 spiro atoms. The van der Waals surface area contributed by atoms with Crippen LogP contribution in [0, 0.1) is 23.4 Å². The Morgan fingerprint density at radius 1 is 1.21 bits per heavy atom. The lowest BCUT2D eigenvalue weighted by atomic mass is 9.79. The summed E-state index contributed by atoms with van der Waals surface area (Å²) in [5.74, 6) is -2.97. The molecule has 1 aromatic carbocycles. The van der Waals surface area contributed by atoms with Gasteiger partial charge in [0.05, 0.1) is 0 Å². The fourth-order valence-electron chi connectivity index (χ4n) is 2.51. The molecule has 1 aromatic rings. The highest BCUT2D eigenvalue weighted by molar-refractivity contribution is 5.24. The number of hydrogen-bond donors (Lipinski definition) is 1. The van der Waals surface area contributed by atoms with Gasteiger partial charge in [-0.1, -0.05) is 32.3 Å². The zero-order chi connectivity index (χ0) is 13.8. The van der Waals surface area contributed by atoms with Crippen LogP contribution in [0.2, 0.25) is 0 Å². The minimum absolute atomic E-state index is 0.222.